The Hall–Kier alpha value is -1.28. The SMILES string of the molecule is CCC1CCC(C)N1c1cc(CCl)c2ccccc2n1. The Morgan fingerprint density at radius 3 is 2.85 bits per heavy atom. The van der Waals surface area contributed by atoms with Crippen LogP contribution in [0.2, 0.25) is 0 Å². The number of benzene rings is 1. The topological polar surface area (TPSA) is 16.1 Å². The molecule has 2 heterocycles. The minimum absolute atomic E-state index is 0.537. The van der Waals surface area contributed by atoms with Crippen molar-refractivity contribution in [2.75, 3.05) is 4.90 Å². The van der Waals surface area contributed by atoms with Gasteiger partial charge in [0, 0.05) is 23.3 Å². The van der Waals surface area contributed by atoms with Crippen LogP contribution in [0.1, 0.15) is 38.7 Å². The summed E-state index contributed by atoms with van der Waals surface area (Å²) in [6.45, 7) is 4.56. The Morgan fingerprint density at radius 2 is 2.10 bits per heavy atom. The minimum Gasteiger partial charge on any atom is -0.351 e. The smallest absolute Gasteiger partial charge is 0.130 e. The molecule has 1 aliphatic rings. The molecule has 2 aromatic rings. The van der Waals surface area contributed by atoms with Gasteiger partial charge in [-0.05, 0) is 43.9 Å². The molecule has 1 aromatic carbocycles. The van der Waals surface area contributed by atoms with Crippen molar-refractivity contribution < 1.29 is 0 Å². The molecule has 0 amide bonds. The Balaban J connectivity index is 2.11. The molecule has 0 bridgehead atoms. The van der Waals surface area contributed by atoms with Crippen LogP contribution in [-0.2, 0) is 5.88 Å². The summed E-state index contributed by atoms with van der Waals surface area (Å²) in [5.74, 6) is 1.63. The van der Waals surface area contributed by atoms with E-state index in [0.29, 0.717) is 18.0 Å². The molecule has 106 valence electrons. The predicted octanol–water partition coefficient (Wildman–Crippen LogP) is 4.74. The maximum Gasteiger partial charge on any atom is 0.130 e. The van der Waals surface area contributed by atoms with Crippen LogP contribution in [0.3, 0.4) is 0 Å². The number of rotatable bonds is 3. The van der Waals surface area contributed by atoms with E-state index in [1.165, 1.54) is 30.2 Å². The van der Waals surface area contributed by atoms with Gasteiger partial charge in [0.2, 0.25) is 0 Å². The van der Waals surface area contributed by atoms with Gasteiger partial charge in [-0.25, -0.2) is 4.98 Å². The van der Waals surface area contributed by atoms with E-state index < -0.39 is 0 Å². The highest BCUT2D eigenvalue weighted by Crippen LogP contribution is 2.33. The van der Waals surface area contributed by atoms with E-state index in [-0.39, 0.29) is 0 Å². The van der Waals surface area contributed by atoms with Crippen molar-refractivity contribution in [2.24, 2.45) is 0 Å². The molecule has 2 nitrogen and oxygen atoms in total. The van der Waals surface area contributed by atoms with Crippen LogP contribution in [0.15, 0.2) is 30.3 Å². The van der Waals surface area contributed by atoms with Crippen LogP contribution in [0.25, 0.3) is 10.9 Å². The lowest BCUT2D eigenvalue weighted by molar-refractivity contribution is 0.622. The maximum absolute atomic E-state index is 6.14. The zero-order valence-electron chi connectivity index (χ0n) is 12.1. The molecule has 0 aliphatic carbocycles. The highest BCUT2D eigenvalue weighted by molar-refractivity contribution is 6.18. The molecule has 2 unspecified atom stereocenters. The van der Waals surface area contributed by atoms with Gasteiger partial charge in [-0.2, -0.15) is 0 Å². The summed E-state index contributed by atoms with van der Waals surface area (Å²) in [5.41, 5.74) is 2.23. The van der Waals surface area contributed by atoms with Gasteiger partial charge in [0.15, 0.2) is 0 Å². The quantitative estimate of drug-likeness (QED) is 0.758. The maximum atomic E-state index is 6.14. The van der Waals surface area contributed by atoms with Gasteiger partial charge < -0.3 is 4.90 Å². The summed E-state index contributed by atoms with van der Waals surface area (Å²) in [4.78, 5) is 7.37. The number of aromatic nitrogens is 1. The number of hydrogen-bond acceptors (Lipinski definition) is 2. The van der Waals surface area contributed by atoms with E-state index in [0.717, 1.165) is 11.3 Å². The first-order chi connectivity index (χ1) is 9.74. The Bertz CT molecular complexity index is 611. The third-order valence-electron chi connectivity index (χ3n) is 4.45. The average molecular weight is 289 g/mol. The second-order valence-electron chi connectivity index (χ2n) is 5.69. The van der Waals surface area contributed by atoms with Crippen molar-refractivity contribution in [2.45, 2.75) is 51.1 Å². The lowest BCUT2D eigenvalue weighted by Crippen LogP contribution is -2.34. The van der Waals surface area contributed by atoms with Crippen LogP contribution >= 0.6 is 11.6 Å². The van der Waals surface area contributed by atoms with Crippen molar-refractivity contribution in [3.8, 4) is 0 Å². The highest BCUT2D eigenvalue weighted by atomic mass is 35.5. The van der Waals surface area contributed by atoms with Gasteiger partial charge in [0.05, 0.1) is 5.52 Å². The second-order valence-corrected chi connectivity index (χ2v) is 5.95. The summed E-state index contributed by atoms with van der Waals surface area (Å²) in [5, 5.41) is 1.17. The Labute approximate surface area is 125 Å². The standard InChI is InChI=1S/C17H21ClN2/c1-3-14-9-8-12(2)20(14)17-10-13(11-18)15-6-4-5-7-16(15)19-17/h4-7,10,12,14H,3,8-9,11H2,1-2H3. The summed E-state index contributed by atoms with van der Waals surface area (Å²) < 4.78 is 0. The number of anilines is 1. The molecule has 1 aliphatic heterocycles. The number of hydrogen-bond donors (Lipinski definition) is 0. The Kier molecular flexibility index (Phi) is 3.84. The van der Waals surface area contributed by atoms with Crippen molar-refractivity contribution in [3.05, 3.63) is 35.9 Å². The van der Waals surface area contributed by atoms with Crippen molar-refractivity contribution in [3.63, 3.8) is 0 Å². The molecule has 3 heteroatoms. The van der Waals surface area contributed by atoms with E-state index in [2.05, 4.69) is 36.9 Å². The van der Waals surface area contributed by atoms with E-state index in [4.69, 9.17) is 16.6 Å². The second kappa shape index (κ2) is 5.61. The first-order valence-corrected chi connectivity index (χ1v) is 8.01. The lowest BCUT2D eigenvalue weighted by atomic mass is 10.1. The molecular formula is C17H21ClN2. The van der Waals surface area contributed by atoms with Gasteiger partial charge in [0.1, 0.15) is 5.82 Å². The zero-order valence-corrected chi connectivity index (χ0v) is 12.9. The largest absolute Gasteiger partial charge is 0.351 e. The molecule has 0 radical (unpaired) electrons. The summed E-state index contributed by atoms with van der Waals surface area (Å²) >= 11 is 6.14. The van der Waals surface area contributed by atoms with E-state index in [9.17, 15) is 0 Å². The molecule has 2 atom stereocenters. The first kappa shape index (κ1) is 13.7. The molecule has 0 N–H and O–H groups in total. The molecule has 1 fully saturated rings. The van der Waals surface area contributed by atoms with Crippen LogP contribution in [0.4, 0.5) is 5.82 Å². The molecule has 3 rings (SSSR count). The van der Waals surface area contributed by atoms with Gasteiger partial charge in [-0.15, -0.1) is 11.6 Å². The summed E-state index contributed by atoms with van der Waals surface area (Å²) in [7, 11) is 0. The zero-order chi connectivity index (χ0) is 14.1. The average Bonchev–Trinajstić information content (AvgIpc) is 2.87. The Morgan fingerprint density at radius 1 is 1.30 bits per heavy atom. The normalized spacial score (nSPS) is 22.6. The molecular weight excluding hydrogens is 268 g/mol. The fraction of sp³-hybridized carbons (Fsp3) is 0.471. The van der Waals surface area contributed by atoms with E-state index >= 15 is 0 Å². The van der Waals surface area contributed by atoms with Gasteiger partial charge >= 0.3 is 0 Å². The first-order valence-electron chi connectivity index (χ1n) is 7.47. The third kappa shape index (κ3) is 2.26. The molecule has 1 aromatic heterocycles. The van der Waals surface area contributed by atoms with E-state index in [1.54, 1.807) is 0 Å². The highest BCUT2D eigenvalue weighted by Gasteiger charge is 2.30. The fourth-order valence-corrected chi connectivity index (χ4v) is 3.58. The monoisotopic (exact) mass is 288 g/mol. The van der Waals surface area contributed by atoms with Gasteiger partial charge in [-0.3, -0.25) is 0 Å². The van der Waals surface area contributed by atoms with Crippen molar-refractivity contribution >= 4 is 28.3 Å². The molecule has 20 heavy (non-hydrogen) atoms. The lowest BCUT2D eigenvalue weighted by Gasteiger charge is -2.29. The third-order valence-corrected chi connectivity index (χ3v) is 4.74. The number of para-hydroxylation sites is 1. The number of alkyl halides is 1. The van der Waals surface area contributed by atoms with Crippen LogP contribution in [0.5, 0.6) is 0 Å². The van der Waals surface area contributed by atoms with Crippen molar-refractivity contribution in [1.82, 2.24) is 4.98 Å². The fourth-order valence-electron chi connectivity index (χ4n) is 3.36. The number of nitrogens with zero attached hydrogens (tertiary/aromatic N) is 2. The van der Waals surface area contributed by atoms with Gasteiger partial charge in [-0.1, -0.05) is 25.1 Å². The minimum atomic E-state index is 0.537. The van der Waals surface area contributed by atoms with Gasteiger partial charge in [0.25, 0.3) is 0 Å². The molecule has 0 saturated carbocycles. The van der Waals surface area contributed by atoms with Crippen molar-refractivity contribution in [1.29, 1.82) is 0 Å². The summed E-state index contributed by atoms with van der Waals surface area (Å²) in [6, 6.07) is 11.6. The van der Waals surface area contributed by atoms with E-state index in [1.807, 2.05) is 12.1 Å². The summed E-state index contributed by atoms with van der Waals surface area (Å²) in [6.07, 6.45) is 3.70. The van der Waals surface area contributed by atoms with Crippen LogP contribution in [-0.4, -0.2) is 17.1 Å². The van der Waals surface area contributed by atoms with Crippen LogP contribution < -0.4 is 4.90 Å². The number of pyridine rings is 1. The molecule has 1 saturated heterocycles. The number of halogens is 1. The van der Waals surface area contributed by atoms with Crippen LogP contribution in [0, 0.1) is 0 Å². The predicted molar refractivity (Wildman–Crippen MR) is 86.6 cm³/mol. The molecule has 0 spiro atoms. The number of fused-ring (bicyclic) bond motifs is 1.